The van der Waals surface area contributed by atoms with Gasteiger partial charge in [0, 0.05) is 18.0 Å². The molecule has 6 heteroatoms. The third-order valence-electron chi connectivity index (χ3n) is 5.10. The molecule has 128 valence electrons. The standard InChI is InChI=1S/C18H23N3O2S/c1-2-23-15-9-6-7-12-16(20-24-17(12)15)18(22)19-13-11-21-10-5-3-4-8-14(13)21/h6-7,9,13-14H,2-5,8,10-11H2,1H3,(H,19,22)/t13-,14?/m1/s1. The number of ether oxygens (including phenoxy) is 1. The number of hydrogen-bond acceptors (Lipinski definition) is 5. The number of nitrogens with one attached hydrogen (secondary N) is 1. The summed E-state index contributed by atoms with van der Waals surface area (Å²) in [6.07, 6.45) is 5.06. The lowest BCUT2D eigenvalue weighted by Crippen LogP contribution is -2.66. The van der Waals surface area contributed by atoms with Crippen LogP contribution in [0.5, 0.6) is 5.75 Å². The van der Waals surface area contributed by atoms with E-state index in [9.17, 15) is 4.79 Å². The van der Waals surface area contributed by atoms with E-state index >= 15 is 0 Å². The summed E-state index contributed by atoms with van der Waals surface area (Å²) in [5.74, 6) is 0.758. The van der Waals surface area contributed by atoms with Crippen molar-refractivity contribution in [1.29, 1.82) is 0 Å². The normalized spacial score (nSPS) is 24.0. The maximum atomic E-state index is 12.7. The molecule has 2 fully saturated rings. The molecule has 1 amide bonds. The first-order valence-corrected chi connectivity index (χ1v) is 9.61. The number of carbonyl (C=O) groups excluding carboxylic acids is 1. The summed E-state index contributed by atoms with van der Waals surface area (Å²) in [4.78, 5) is 15.2. The average molecular weight is 345 g/mol. The van der Waals surface area contributed by atoms with Gasteiger partial charge in [-0.3, -0.25) is 9.69 Å². The second-order valence-electron chi connectivity index (χ2n) is 6.59. The van der Waals surface area contributed by atoms with Crippen molar-refractivity contribution in [2.75, 3.05) is 19.7 Å². The van der Waals surface area contributed by atoms with Crippen molar-refractivity contribution < 1.29 is 9.53 Å². The van der Waals surface area contributed by atoms with Gasteiger partial charge in [-0.25, -0.2) is 0 Å². The van der Waals surface area contributed by atoms with Crippen LogP contribution in [0.1, 0.15) is 43.1 Å². The fraction of sp³-hybridized carbons (Fsp3) is 0.556. The zero-order valence-corrected chi connectivity index (χ0v) is 14.8. The van der Waals surface area contributed by atoms with Crippen LogP contribution in [0.3, 0.4) is 0 Å². The first-order chi connectivity index (χ1) is 11.8. The first-order valence-electron chi connectivity index (χ1n) is 8.84. The molecule has 0 saturated carbocycles. The molecule has 1 N–H and O–H groups in total. The minimum Gasteiger partial charge on any atom is -0.492 e. The van der Waals surface area contributed by atoms with Gasteiger partial charge in [-0.05, 0) is 43.9 Å². The molecule has 1 aromatic heterocycles. The summed E-state index contributed by atoms with van der Waals surface area (Å²) in [7, 11) is 0. The number of amides is 1. The summed E-state index contributed by atoms with van der Waals surface area (Å²) in [5, 5.41) is 4.10. The summed E-state index contributed by atoms with van der Waals surface area (Å²) < 4.78 is 11.0. The maximum Gasteiger partial charge on any atom is 0.271 e. The number of rotatable bonds is 4. The molecule has 2 aromatic rings. The van der Waals surface area contributed by atoms with Crippen LogP contribution in [0, 0.1) is 0 Å². The Labute approximate surface area is 146 Å². The highest BCUT2D eigenvalue weighted by atomic mass is 32.1. The van der Waals surface area contributed by atoms with Crippen molar-refractivity contribution in [3.8, 4) is 5.75 Å². The molecule has 2 saturated heterocycles. The highest BCUT2D eigenvalue weighted by molar-refractivity contribution is 7.14. The topological polar surface area (TPSA) is 54.5 Å². The molecule has 0 aliphatic carbocycles. The van der Waals surface area contributed by atoms with Gasteiger partial charge >= 0.3 is 0 Å². The minimum atomic E-state index is -0.0520. The SMILES string of the molecule is CCOc1cccc2c(C(=O)N[C@@H]3CN4CCCCCC34)nsc12. The predicted octanol–water partition coefficient (Wildman–Crippen LogP) is 3.05. The Bertz CT molecular complexity index is 745. The molecule has 5 nitrogen and oxygen atoms in total. The Morgan fingerprint density at radius 3 is 3.21 bits per heavy atom. The van der Waals surface area contributed by atoms with Crippen LogP contribution in [0.4, 0.5) is 0 Å². The quantitative estimate of drug-likeness (QED) is 0.925. The molecule has 1 aromatic carbocycles. The molecule has 4 rings (SSSR count). The number of carbonyl (C=O) groups is 1. The summed E-state index contributed by atoms with van der Waals surface area (Å²) in [5.41, 5.74) is 0.531. The molecule has 0 spiro atoms. The fourth-order valence-electron chi connectivity index (χ4n) is 3.86. The van der Waals surface area contributed by atoms with Gasteiger partial charge in [-0.2, -0.15) is 4.37 Å². The Morgan fingerprint density at radius 1 is 1.42 bits per heavy atom. The van der Waals surface area contributed by atoms with Gasteiger partial charge in [-0.1, -0.05) is 25.0 Å². The third-order valence-corrected chi connectivity index (χ3v) is 5.98. The molecular formula is C18H23N3O2S. The zero-order chi connectivity index (χ0) is 16.5. The van der Waals surface area contributed by atoms with E-state index < -0.39 is 0 Å². The lowest BCUT2D eigenvalue weighted by molar-refractivity contribution is 0.0410. The predicted molar refractivity (Wildman–Crippen MR) is 95.9 cm³/mol. The van der Waals surface area contributed by atoms with E-state index in [2.05, 4.69) is 14.6 Å². The largest absolute Gasteiger partial charge is 0.492 e. The van der Waals surface area contributed by atoms with Gasteiger partial charge in [0.15, 0.2) is 0 Å². The Kier molecular flexibility index (Phi) is 4.41. The monoisotopic (exact) mass is 345 g/mol. The number of benzene rings is 1. The number of aromatic nitrogens is 1. The van der Waals surface area contributed by atoms with Crippen molar-refractivity contribution in [2.45, 2.75) is 44.7 Å². The molecule has 2 aliphatic rings. The van der Waals surface area contributed by atoms with E-state index in [1.165, 1.54) is 43.8 Å². The van der Waals surface area contributed by atoms with Crippen molar-refractivity contribution in [3.63, 3.8) is 0 Å². The van der Waals surface area contributed by atoms with Gasteiger partial charge in [0.2, 0.25) is 0 Å². The molecule has 2 aliphatic heterocycles. The highest BCUT2D eigenvalue weighted by Crippen LogP contribution is 2.32. The maximum absolute atomic E-state index is 12.7. The van der Waals surface area contributed by atoms with Crippen molar-refractivity contribution in [1.82, 2.24) is 14.6 Å². The van der Waals surface area contributed by atoms with E-state index in [1.54, 1.807) is 0 Å². The summed E-state index contributed by atoms with van der Waals surface area (Å²) in [6, 6.07) is 6.59. The molecule has 2 atom stereocenters. The van der Waals surface area contributed by atoms with Crippen molar-refractivity contribution in [3.05, 3.63) is 23.9 Å². The van der Waals surface area contributed by atoms with Crippen LogP contribution in [0.15, 0.2) is 18.2 Å². The van der Waals surface area contributed by atoms with Gasteiger partial charge in [0.05, 0.1) is 17.3 Å². The van der Waals surface area contributed by atoms with E-state index in [4.69, 9.17) is 4.74 Å². The molecule has 24 heavy (non-hydrogen) atoms. The minimum absolute atomic E-state index is 0.0520. The zero-order valence-electron chi connectivity index (χ0n) is 14.0. The Balaban J connectivity index is 1.51. The van der Waals surface area contributed by atoms with Crippen molar-refractivity contribution in [2.24, 2.45) is 0 Å². The van der Waals surface area contributed by atoms with Gasteiger partial charge in [0.1, 0.15) is 11.4 Å². The molecule has 0 bridgehead atoms. The fourth-order valence-corrected chi connectivity index (χ4v) is 4.70. The third kappa shape index (κ3) is 2.78. The van der Waals surface area contributed by atoms with Gasteiger partial charge in [-0.15, -0.1) is 0 Å². The van der Waals surface area contributed by atoms with Crippen molar-refractivity contribution >= 4 is 27.5 Å². The van der Waals surface area contributed by atoms with E-state index in [0.717, 1.165) is 22.4 Å². The summed E-state index contributed by atoms with van der Waals surface area (Å²) >= 11 is 1.34. The highest BCUT2D eigenvalue weighted by Gasteiger charge is 2.40. The second-order valence-corrected chi connectivity index (χ2v) is 7.36. The molecule has 0 radical (unpaired) electrons. The van der Waals surface area contributed by atoms with E-state index in [-0.39, 0.29) is 11.9 Å². The first kappa shape index (κ1) is 15.8. The number of nitrogens with zero attached hydrogens (tertiary/aromatic N) is 2. The van der Waals surface area contributed by atoms with E-state index in [1.807, 2.05) is 25.1 Å². The van der Waals surface area contributed by atoms with Crippen LogP contribution < -0.4 is 10.1 Å². The smallest absolute Gasteiger partial charge is 0.271 e. The van der Waals surface area contributed by atoms with Crippen LogP contribution in [-0.4, -0.2) is 47.0 Å². The Hall–Kier alpha value is -1.66. The Morgan fingerprint density at radius 2 is 2.33 bits per heavy atom. The average Bonchev–Trinajstić information content (AvgIpc) is 2.92. The number of hydrogen-bond donors (Lipinski definition) is 1. The lowest BCUT2D eigenvalue weighted by Gasteiger charge is -2.47. The van der Waals surface area contributed by atoms with Crippen LogP contribution in [0.2, 0.25) is 0 Å². The van der Waals surface area contributed by atoms with Crippen LogP contribution in [0.25, 0.3) is 10.1 Å². The molecule has 3 heterocycles. The summed E-state index contributed by atoms with van der Waals surface area (Å²) in [6.45, 7) is 4.72. The van der Waals surface area contributed by atoms with E-state index in [0.29, 0.717) is 18.3 Å². The van der Waals surface area contributed by atoms with Crippen LogP contribution in [-0.2, 0) is 0 Å². The second kappa shape index (κ2) is 6.69. The molecule has 1 unspecified atom stereocenters. The van der Waals surface area contributed by atoms with Gasteiger partial charge in [0.25, 0.3) is 5.91 Å². The molecular weight excluding hydrogens is 322 g/mol. The lowest BCUT2D eigenvalue weighted by atomic mass is 9.93. The van der Waals surface area contributed by atoms with Gasteiger partial charge < -0.3 is 10.1 Å². The number of fused-ring (bicyclic) bond motifs is 2. The van der Waals surface area contributed by atoms with Crippen LogP contribution >= 0.6 is 11.5 Å².